The lowest BCUT2D eigenvalue weighted by Crippen LogP contribution is -2.46. The third-order valence-electron chi connectivity index (χ3n) is 4.08. The molecule has 2 heterocycles. The van der Waals surface area contributed by atoms with E-state index in [1.807, 2.05) is 4.90 Å². The second kappa shape index (κ2) is 8.23. The smallest absolute Gasteiger partial charge is 0.246 e. The lowest BCUT2D eigenvalue weighted by Gasteiger charge is -2.32. The largest absolute Gasteiger partial charge is 0.369 e. The number of nitrogens with zero attached hydrogens (tertiary/aromatic N) is 4. The van der Waals surface area contributed by atoms with Gasteiger partial charge in [0.25, 0.3) is 0 Å². The molecular weight excluding hydrogens is 310 g/mol. The highest BCUT2D eigenvalue weighted by atomic mass is 16.5. The zero-order valence-corrected chi connectivity index (χ0v) is 14.7. The second-order valence-corrected chi connectivity index (χ2v) is 6.94. The molecule has 1 aromatic rings. The minimum Gasteiger partial charge on any atom is -0.369 e. The normalized spacial score (nSPS) is 18.8. The van der Waals surface area contributed by atoms with Crippen molar-refractivity contribution in [3.63, 3.8) is 0 Å². The number of amides is 2. The van der Waals surface area contributed by atoms with Crippen LogP contribution in [0.4, 0.5) is 0 Å². The van der Waals surface area contributed by atoms with E-state index in [2.05, 4.69) is 24.0 Å². The third kappa shape index (κ3) is 5.30. The van der Waals surface area contributed by atoms with Crippen molar-refractivity contribution >= 4 is 11.8 Å². The van der Waals surface area contributed by atoms with Gasteiger partial charge in [-0.3, -0.25) is 14.5 Å². The SMILES string of the molecule is CC(C)Cc1noc(CN(C)C(=O)[C@@H]2CCCN(CC(N)=O)C2)n1. The lowest BCUT2D eigenvalue weighted by atomic mass is 9.96. The van der Waals surface area contributed by atoms with Crippen LogP contribution < -0.4 is 5.73 Å². The van der Waals surface area contributed by atoms with E-state index >= 15 is 0 Å². The number of likely N-dealkylation sites (tertiary alicyclic amines) is 1. The zero-order valence-electron chi connectivity index (χ0n) is 14.7. The highest BCUT2D eigenvalue weighted by Gasteiger charge is 2.29. The molecule has 24 heavy (non-hydrogen) atoms. The minimum atomic E-state index is -0.361. The fourth-order valence-electron chi connectivity index (χ4n) is 3.02. The molecule has 2 N–H and O–H groups in total. The number of aromatic nitrogens is 2. The molecule has 2 rings (SSSR count). The summed E-state index contributed by atoms with van der Waals surface area (Å²) in [4.78, 5) is 31.6. The molecule has 2 amide bonds. The van der Waals surface area contributed by atoms with Gasteiger partial charge < -0.3 is 15.2 Å². The van der Waals surface area contributed by atoms with Crippen molar-refractivity contribution in [1.82, 2.24) is 19.9 Å². The average molecular weight is 337 g/mol. The van der Waals surface area contributed by atoms with Crippen LogP contribution in [-0.4, -0.2) is 58.4 Å². The van der Waals surface area contributed by atoms with Crippen LogP contribution in [0.5, 0.6) is 0 Å². The molecule has 0 bridgehead atoms. The highest BCUT2D eigenvalue weighted by molar-refractivity contribution is 5.79. The van der Waals surface area contributed by atoms with Crippen molar-refractivity contribution < 1.29 is 14.1 Å². The van der Waals surface area contributed by atoms with Crippen molar-refractivity contribution in [1.29, 1.82) is 0 Å². The molecule has 8 nitrogen and oxygen atoms in total. The summed E-state index contributed by atoms with van der Waals surface area (Å²) in [5.41, 5.74) is 5.24. The quantitative estimate of drug-likeness (QED) is 0.773. The van der Waals surface area contributed by atoms with Gasteiger partial charge in [-0.1, -0.05) is 19.0 Å². The second-order valence-electron chi connectivity index (χ2n) is 6.94. The van der Waals surface area contributed by atoms with Crippen molar-refractivity contribution in [2.45, 2.75) is 39.7 Å². The molecule has 0 saturated carbocycles. The molecule has 0 spiro atoms. The van der Waals surface area contributed by atoms with Crippen LogP contribution in [0.3, 0.4) is 0 Å². The number of nitrogens with two attached hydrogens (primary N) is 1. The van der Waals surface area contributed by atoms with E-state index in [1.54, 1.807) is 11.9 Å². The predicted octanol–water partition coefficient (Wildman–Crippen LogP) is 0.424. The van der Waals surface area contributed by atoms with Crippen LogP contribution in [0, 0.1) is 11.8 Å². The van der Waals surface area contributed by atoms with Gasteiger partial charge in [-0.2, -0.15) is 4.98 Å². The first-order chi connectivity index (χ1) is 11.3. The number of piperidine rings is 1. The van der Waals surface area contributed by atoms with E-state index in [1.165, 1.54) is 0 Å². The maximum atomic E-state index is 12.6. The van der Waals surface area contributed by atoms with Crippen LogP contribution in [0.25, 0.3) is 0 Å². The van der Waals surface area contributed by atoms with Gasteiger partial charge in [-0.15, -0.1) is 0 Å². The van der Waals surface area contributed by atoms with Crippen LogP contribution >= 0.6 is 0 Å². The van der Waals surface area contributed by atoms with Gasteiger partial charge >= 0.3 is 0 Å². The van der Waals surface area contributed by atoms with E-state index in [-0.39, 0.29) is 24.3 Å². The van der Waals surface area contributed by atoms with Crippen LogP contribution in [0.2, 0.25) is 0 Å². The molecule has 0 unspecified atom stereocenters. The van der Waals surface area contributed by atoms with Crippen molar-refractivity contribution in [3.8, 4) is 0 Å². The summed E-state index contributed by atoms with van der Waals surface area (Å²) >= 11 is 0. The van der Waals surface area contributed by atoms with Gasteiger partial charge in [-0.05, 0) is 25.3 Å². The topological polar surface area (TPSA) is 106 Å². The van der Waals surface area contributed by atoms with Gasteiger partial charge in [0.15, 0.2) is 5.82 Å². The molecule has 1 aromatic heterocycles. The molecule has 0 aromatic carbocycles. The molecule has 0 radical (unpaired) electrons. The lowest BCUT2D eigenvalue weighted by molar-refractivity contribution is -0.137. The van der Waals surface area contributed by atoms with Crippen molar-refractivity contribution in [2.75, 3.05) is 26.7 Å². The maximum Gasteiger partial charge on any atom is 0.246 e. The summed E-state index contributed by atoms with van der Waals surface area (Å²) in [6, 6.07) is 0. The zero-order chi connectivity index (χ0) is 17.7. The number of rotatable bonds is 7. The molecule has 1 saturated heterocycles. The predicted molar refractivity (Wildman–Crippen MR) is 87.7 cm³/mol. The Morgan fingerprint density at radius 1 is 1.46 bits per heavy atom. The fraction of sp³-hybridized carbons (Fsp3) is 0.750. The third-order valence-corrected chi connectivity index (χ3v) is 4.08. The summed E-state index contributed by atoms with van der Waals surface area (Å²) in [7, 11) is 1.74. The Hall–Kier alpha value is -1.96. The van der Waals surface area contributed by atoms with Crippen molar-refractivity contribution in [2.24, 2.45) is 17.6 Å². The van der Waals surface area contributed by atoms with Crippen LogP contribution in [-0.2, 0) is 22.6 Å². The standard InChI is InChI=1S/C16H27N5O3/c1-11(2)7-14-18-15(24-19-14)10-20(3)16(23)12-5-4-6-21(8-12)9-13(17)22/h11-12H,4-10H2,1-3H3,(H2,17,22)/t12-/m1/s1. The first kappa shape index (κ1) is 18.4. The summed E-state index contributed by atoms with van der Waals surface area (Å²) in [5, 5.41) is 3.94. The minimum absolute atomic E-state index is 0.0350. The van der Waals surface area contributed by atoms with Gasteiger partial charge in [0, 0.05) is 20.0 Å². The molecular formula is C16H27N5O3. The molecule has 1 aliphatic heterocycles. The summed E-state index contributed by atoms with van der Waals surface area (Å²) in [5.74, 6) is 1.12. The number of hydrogen-bond acceptors (Lipinski definition) is 6. The summed E-state index contributed by atoms with van der Waals surface area (Å²) in [6.45, 7) is 6.05. The average Bonchev–Trinajstić information content (AvgIpc) is 2.92. The monoisotopic (exact) mass is 337 g/mol. The van der Waals surface area contributed by atoms with Crippen molar-refractivity contribution in [3.05, 3.63) is 11.7 Å². The number of hydrogen-bond donors (Lipinski definition) is 1. The van der Waals surface area contributed by atoms with Gasteiger partial charge in [0.1, 0.15) is 0 Å². The van der Waals surface area contributed by atoms with E-state index in [4.69, 9.17) is 10.3 Å². The Morgan fingerprint density at radius 2 is 2.21 bits per heavy atom. The Bertz CT molecular complexity index is 572. The molecule has 8 heteroatoms. The van der Waals surface area contributed by atoms with E-state index in [0.717, 1.165) is 25.8 Å². The molecule has 1 aliphatic rings. The fourth-order valence-corrected chi connectivity index (χ4v) is 3.02. The Balaban J connectivity index is 1.89. The Labute approximate surface area is 142 Å². The van der Waals surface area contributed by atoms with Crippen LogP contribution in [0.15, 0.2) is 4.52 Å². The van der Waals surface area contributed by atoms with E-state index < -0.39 is 0 Å². The highest BCUT2D eigenvalue weighted by Crippen LogP contribution is 2.19. The van der Waals surface area contributed by atoms with Gasteiger partial charge in [0.05, 0.1) is 19.0 Å². The molecule has 1 atom stereocenters. The Morgan fingerprint density at radius 3 is 2.88 bits per heavy atom. The van der Waals surface area contributed by atoms with E-state index in [0.29, 0.717) is 30.7 Å². The van der Waals surface area contributed by atoms with Gasteiger partial charge in [0.2, 0.25) is 17.7 Å². The first-order valence-electron chi connectivity index (χ1n) is 8.42. The molecule has 0 aliphatic carbocycles. The Kier molecular flexibility index (Phi) is 6.30. The number of carbonyl (C=O) groups is 2. The molecule has 134 valence electrons. The maximum absolute atomic E-state index is 12.6. The summed E-state index contributed by atoms with van der Waals surface area (Å²) in [6.07, 6.45) is 2.46. The number of carbonyl (C=O) groups excluding carboxylic acids is 2. The van der Waals surface area contributed by atoms with Gasteiger partial charge in [-0.25, -0.2) is 0 Å². The molecule has 1 fully saturated rings. The number of primary amides is 1. The summed E-state index contributed by atoms with van der Waals surface area (Å²) < 4.78 is 5.22. The van der Waals surface area contributed by atoms with E-state index in [9.17, 15) is 9.59 Å². The van der Waals surface area contributed by atoms with Crippen LogP contribution in [0.1, 0.15) is 38.4 Å². The first-order valence-corrected chi connectivity index (χ1v) is 8.42.